The highest BCUT2D eigenvalue weighted by Gasteiger charge is 2.14. The molecule has 0 radical (unpaired) electrons. The average Bonchev–Trinajstić information content (AvgIpc) is 2.69. The molecule has 0 saturated heterocycles. The van der Waals surface area contributed by atoms with Crippen LogP contribution in [0.5, 0.6) is 5.75 Å². The summed E-state index contributed by atoms with van der Waals surface area (Å²) in [5, 5.41) is 6.48. The van der Waals surface area contributed by atoms with Gasteiger partial charge in [-0.3, -0.25) is 9.78 Å². The lowest BCUT2D eigenvalue weighted by molar-refractivity contribution is 0.0949. The Balaban J connectivity index is 1.49. The zero-order chi connectivity index (χ0) is 18.2. The van der Waals surface area contributed by atoms with Crippen LogP contribution in [0.3, 0.4) is 0 Å². The number of amides is 1. The molecule has 1 heterocycles. The van der Waals surface area contributed by atoms with E-state index in [1.54, 1.807) is 13.3 Å². The molecule has 1 aliphatic rings. The molecule has 0 bridgehead atoms. The third-order valence-corrected chi connectivity index (χ3v) is 4.83. The summed E-state index contributed by atoms with van der Waals surface area (Å²) in [6, 6.07) is 12.2. The van der Waals surface area contributed by atoms with E-state index in [2.05, 4.69) is 15.6 Å². The van der Waals surface area contributed by atoms with Gasteiger partial charge in [-0.15, -0.1) is 0 Å². The minimum absolute atomic E-state index is 0.134. The molecule has 3 rings (SSSR count). The Labute approximate surface area is 155 Å². The van der Waals surface area contributed by atoms with Gasteiger partial charge >= 0.3 is 0 Å². The van der Waals surface area contributed by atoms with Crippen molar-refractivity contribution in [3.63, 3.8) is 0 Å². The first-order valence-corrected chi connectivity index (χ1v) is 9.38. The maximum absolute atomic E-state index is 12.4. The Morgan fingerprint density at radius 2 is 1.92 bits per heavy atom. The van der Waals surface area contributed by atoms with Gasteiger partial charge in [0.1, 0.15) is 11.4 Å². The minimum Gasteiger partial charge on any atom is -0.497 e. The fourth-order valence-corrected chi connectivity index (χ4v) is 3.33. The summed E-state index contributed by atoms with van der Waals surface area (Å²) < 4.78 is 5.15. The summed E-state index contributed by atoms with van der Waals surface area (Å²) in [6.07, 6.45) is 8.76. The summed E-state index contributed by atoms with van der Waals surface area (Å²) in [5.41, 5.74) is 2.60. The Hall–Kier alpha value is -2.56. The van der Waals surface area contributed by atoms with Gasteiger partial charge in [0, 0.05) is 24.5 Å². The smallest absolute Gasteiger partial charge is 0.269 e. The van der Waals surface area contributed by atoms with Crippen molar-refractivity contribution in [3.8, 4) is 5.75 Å². The molecule has 0 unspecified atom stereocenters. The molecular weight excluding hydrogens is 326 g/mol. The van der Waals surface area contributed by atoms with Crippen LogP contribution in [0, 0.1) is 0 Å². The number of pyridine rings is 1. The minimum atomic E-state index is -0.134. The van der Waals surface area contributed by atoms with Crippen LogP contribution < -0.4 is 15.4 Å². The number of carbonyl (C=O) groups excluding carboxylic acids is 1. The molecule has 1 amide bonds. The van der Waals surface area contributed by atoms with E-state index in [-0.39, 0.29) is 5.91 Å². The molecule has 1 fully saturated rings. The van der Waals surface area contributed by atoms with Crippen LogP contribution >= 0.6 is 0 Å². The van der Waals surface area contributed by atoms with E-state index in [1.165, 1.54) is 32.1 Å². The fraction of sp³-hybridized carbons (Fsp3) is 0.429. The van der Waals surface area contributed by atoms with Crippen LogP contribution in [0.4, 0.5) is 5.69 Å². The van der Waals surface area contributed by atoms with Crippen molar-refractivity contribution in [1.82, 2.24) is 10.3 Å². The Morgan fingerprint density at radius 1 is 1.15 bits per heavy atom. The number of nitrogens with zero attached hydrogens (tertiary/aromatic N) is 1. The van der Waals surface area contributed by atoms with Gasteiger partial charge in [0.05, 0.1) is 7.11 Å². The standard InChI is InChI=1S/C21H27N3O2/c1-26-19-9-7-16(8-10-19)11-13-23-21(25)20-15-18(12-14-22-20)24-17-5-3-2-4-6-17/h7-10,12,14-15,17H,2-6,11,13H2,1H3,(H,22,24)(H,23,25). The number of ether oxygens (including phenoxy) is 1. The summed E-state index contributed by atoms with van der Waals surface area (Å²) in [6.45, 7) is 0.577. The van der Waals surface area contributed by atoms with Crippen molar-refractivity contribution in [2.75, 3.05) is 19.0 Å². The molecule has 26 heavy (non-hydrogen) atoms. The monoisotopic (exact) mass is 353 g/mol. The zero-order valence-electron chi connectivity index (χ0n) is 15.3. The first-order valence-electron chi connectivity index (χ1n) is 9.38. The molecular formula is C21H27N3O2. The van der Waals surface area contributed by atoms with Gasteiger partial charge in [-0.05, 0) is 49.1 Å². The molecule has 2 N–H and O–H groups in total. The Kier molecular flexibility index (Phi) is 6.47. The van der Waals surface area contributed by atoms with Crippen LogP contribution in [-0.4, -0.2) is 30.6 Å². The highest BCUT2D eigenvalue weighted by Crippen LogP contribution is 2.21. The topological polar surface area (TPSA) is 63.2 Å². The Morgan fingerprint density at radius 3 is 2.65 bits per heavy atom. The van der Waals surface area contributed by atoms with Crippen LogP contribution in [0.25, 0.3) is 0 Å². The van der Waals surface area contributed by atoms with Gasteiger partial charge in [-0.1, -0.05) is 31.4 Å². The maximum Gasteiger partial charge on any atom is 0.269 e. The highest BCUT2D eigenvalue weighted by atomic mass is 16.5. The van der Waals surface area contributed by atoms with E-state index in [4.69, 9.17) is 4.74 Å². The summed E-state index contributed by atoms with van der Waals surface area (Å²) in [5.74, 6) is 0.704. The lowest BCUT2D eigenvalue weighted by atomic mass is 9.95. The van der Waals surface area contributed by atoms with E-state index >= 15 is 0 Å². The predicted molar refractivity (Wildman–Crippen MR) is 104 cm³/mol. The predicted octanol–water partition coefficient (Wildman–Crippen LogP) is 3.81. The van der Waals surface area contributed by atoms with Crippen molar-refractivity contribution < 1.29 is 9.53 Å². The molecule has 0 spiro atoms. The van der Waals surface area contributed by atoms with Crippen molar-refractivity contribution in [1.29, 1.82) is 0 Å². The molecule has 5 nitrogen and oxygen atoms in total. The van der Waals surface area contributed by atoms with Crippen LogP contribution in [0.1, 0.15) is 48.2 Å². The number of hydrogen-bond acceptors (Lipinski definition) is 4. The molecule has 1 aliphatic carbocycles. The van der Waals surface area contributed by atoms with Crippen molar-refractivity contribution >= 4 is 11.6 Å². The van der Waals surface area contributed by atoms with Crippen molar-refractivity contribution in [3.05, 3.63) is 53.9 Å². The quantitative estimate of drug-likeness (QED) is 0.794. The van der Waals surface area contributed by atoms with Gasteiger partial charge in [-0.2, -0.15) is 0 Å². The van der Waals surface area contributed by atoms with Gasteiger partial charge in [0.2, 0.25) is 0 Å². The summed E-state index contributed by atoms with van der Waals surface area (Å²) in [7, 11) is 1.65. The molecule has 0 atom stereocenters. The number of methoxy groups -OCH3 is 1. The number of nitrogens with one attached hydrogen (secondary N) is 2. The number of hydrogen-bond donors (Lipinski definition) is 2. The Bertz CT molecular complexity index is 709. The molecule has 1 saturated carbocycles. The number of anilines is 1. The van der Waals surface area contributed by atoms with E-state index in [0.717, 1.165) is 23.4 Å². The maximum atomic E-state index is 12.4. The van der Waals surface area contributed by atoms with Gasteiger partial charge < -0.3 is 15.4 Å². The first kappa shape index (κ1) is 18.2. The van der Waals surface area contributed by atoms with Crippen molar-refractivity contribution in [2.24, 2.45) is 0 Å². The number of rotatable bonds is 7. The second-order valence-corrected chi connectivity index (χ2v) is 6.76. The van der Waals surface area contributed by atoms with Crippen molar-refractivity contribution in [2.45, 2.75) is 44.6 Å². The van der Waals surface area contributed by atoms with Crippen LogP contribution in [0.2, 0.25) is 0 Å². The normalized spacial score (nSPS) is 14.7. The molecule has 2 aromatic rings. The third-order valence-electron chi connectivity index (χ3n) is 4.83. The second-order valence-electron chi connectivity index (χ2n) is 6.76. The largest absolute Gasteiger partial charge is 0.497 e. The van der Waals surface area contributed by atoms with Gasteiger partial charge in [0.15, 0.2) is 0 Å². The van der Waals surface area contributed by atoms with Gasteiger partial charge in [0.25, 0.3) is 5.91 Å². The van der Waals surface area contributed by atoms with E-state index in [1.807, 2.05) is 36.4 Å². The van der Waals surface area contributed by atoms with Gasteiger partial charge in [-0.25, -0.2) is 0 Å². The van der Waals surface area contributed by atoms with E-state index in [0.29, 0.717) is 18.3 Å². The lowest BCUT2D eigenvalue weighted by Gasteiger charge is -2.23. The van der Waals surface area contributed by atoms with E-state index in [9.17, 15) is 4.79 Å². The SMILES string of the molecule is COc1ccc(CCNC(=O)c2cc(NC3CCCCC3)ccn2)cc1. The number of carbonyl (C=O) groups is 1. The molecule has 138 valence electrons. The summed E-state index contributed by atoms with van der Waals surface area (Å²) in [4.78, 5) is 16.6. The number of aromatic nitrogens is 1. The number of benzene rings is 1. The third kappa shape index (κ3) is 5.22. The summed E-state index contributed by atoms with van der Waals surface area (Å²) >= 11 is 0. The van der Waals surface area contributed by atoms with E-state index < -0.39 is 0 Å². The molecule has 1 aromatic carbocycles. The highest BCUT2D eigenvalue weighted by molar-refractivity contribution is 5.93. The lowest BCUT2D eigenvalue weighted by Crippen LogP contribution is -2.27. The molecule has 0 aliphatic heterocycles. The molecule has 5 heteroatoms. The fourth-order valence-electron chi connectivity index (χ4n) is 3.33. The molecule has 1 aromatic heterocycles. The van der Waals surface area contributed by atoms with Crippen LogP contribution in [-0.2, 0) is 6.42 Å². The second kappa shape index (κ2) is 9.22. The average molecular weight is 353 g/mol. The van der Waals surface area contributed by atoms with Crippen LogP contribution in [0.15, 0.2) is 42.6 Å². The first-order chi connectivity index (χ1) is 12.7. The zero-order valence-corrected chi connectivity index (χ0v) is 15.3.